The van der Waals surface area contributed by atoms with Gasteiger partial charge in [-0.25, -0.2) is 8.42 Å². The second-order valence-corrected chi connectivity index (χ2v) is 8.37. The van der Waals surface area contributed by atoms with Crippen LogP contribution in [0, 0.1) is 6.92 Å². The Labute approximate surface area is 151 Å². The van der Waals surface area contributed by atoms with Crippen molar-refractivity contribution in [2.75, 3.05) is 6.54 Å². The van der Waals surface area contributed by atoms with Crippen LogP contribution in [0.1, 0.15) is 22.9 Å². The maximum Gasteiger partial charge on any atom is 0.328 e. The summed E-state index contributed by atoms with van der Waals surface area (Å²) < 4.78 is 27.3. The maximum absolute atomic E-state index is 13.1. The molecular formula is C19H18N2O4S. The number of aliphatic carboxylic acids is 1. The second kappa shape index (κ2) is 5.96. The molecule has 3 aromatic rings. The van der Waals surface area contributed by atoms with Crippen molar-refractivity contribution in [3.8, 4) is 0 Å². The molecule has 4 rings (SSSR count). The van der Waals surface area contributed by atoms with E-state index >= 15 is 0 Å². The van der Waals surface area contributed by atoms with E-state index in [0.29, 0.717) is 12.1 Å². The molecular weight excluding hydrogens is 352 g/mol. The van der Waals surface area contributed by atoms with Crippen molar-refractivity contribution in [2.45, 2.75) is 24.3 Å². The van der Waals surface area contributed by atoms with E-state index in [2.05, 4.69) is 4.98 Å². The summed E-state index contributed by atoms with van der Waals surface area (Å²) in [6.07, 6.45) is 0.466. The molecule has 1 aromatic heterocycles. The molecule has 1 aliphatic rings. The van der Waals surface area contributed by atoms with Crippen LogP contribution in [0.4, 0.5) is 0 Å². The summed E-state index contributed by atoms with van der Waals surface area (Å²) in [6, 6.07) is 12.7. The number of hydrogen-bond donors (Lipinski definition) is 2. The molecule has 1 aliphatic heterocycles. The Hall–Kier alpha value is -2.64. The zero-order chi connectivity index (χ0) is 18.5. The highest BCUT2D eigenvalue weighted by atomic mass is 32.2. The van der Waals surface area contributed by atoms with Crippen LogP contribution in [0.5, 0.6) is 0 Å². The number of nitrogens with zero attached hydrogens (tertiary/aromatic N) is 1. The molecule has 1 unspecified atom stereocenters. The summed E-state index contributed by atoms with van der Waals surface area (Å²) in [5, 5.41) is 10.8. The van der Waals surface area contributed by atoms with Crippen LogP contribution in [0.15, 0.2) is 53.4 Å². The van der Waals surface area contributed by atoms with Crippen molar-refractivity contribution in [3.05, 3.63) is 65.4 Å². The van der Waals surface area contributed by atoms with Crippen molar-refractivity contribution < 1.29 is 18.3 Å². The van der Waals surface area contributed by atoms with Gasteiger partial charge in [0.15, 0.2) is 6.04 Å². The summed E-state index contributed by atoms with van der Waals surface area (Å²) in [5.41, 5.74) is 3.08. The fraction of sp³-hybridized carbons (Fsp3) is 0.211. The first-order valence-corrected chi connectivity index (χ1v) is 9.74. The quantitative estimate of drug-likeness (QED) is 0.742. The van der Waals surface area contributed by atoms with Crippen LogP contribution in [-0.4, -0.2) is 35.3 Å². The summed E-state index contributed by atoms with van der Waals surface area (Å²) in [4.78, 5) is 15.2. The van der Waals surface area contributed by atoms with Gasteiger partial charge in [-0.05, 0) is 37.1 Å². The number of fused-ring (bicyclic) bond motifs is 3. The number of aromatic nitrogens is 1. The highest BCUT2D eigenvalue weighted by Gasteiger charge is 2.42. The number of carboxylic acids is 1. The lowest BCUT2D eigenvalue weighted by molar-refractivity contribution is -0.142. The molecule has 0 aliphatic carbocycles. The predicted molar refractivity (Wildman–Crippen MR) is 97.5 cm³/mol. The van der Waals surface area contributed by atoms with E-state index < -0.39 is 22.0 Å². The number of benzene rings is 2. The number of sulfonamides is 1. The van der Waals surface area contributed by atoms with E-state index in [1.165, 1.54) is 12.1 Å². The van der Waals surface area contributed by atoms with E-state index in [1.54, 1.807) is 12.1 Å². The third-order valence-corrected chi connectivity index (χ3v) is 6.73. The third-order valence-electron chi connectivity index (χ3n) is 4.85. The molecule has 134 valence electrons. The van der Waals surface area contributed by atoms with Crippen LogP contribution in [0.25, 0.3) is 10.9 Å². The van der Waals surface area contributed by atoms with Crippen LogP contribution in [0.2, 0.25) is 0 Å². The Morgan fingerprint density at radius 1 is 1.15 bits per heavy atom. The minimum absolute atomic E-state index is 0.105. The average molecular weight is 370 g/mol. The SMILES string of the molecule is Cc1ccc(S(=O)(=O)N2CCc3c([nH]c4ccccc34)C2C(=O)O)cc1. The number of para-hydroxylation sites is 1. The highest BCUT2D eigenvalue weighted by molar-refractivity contribution is 7.89. The lowest BCUT2D eigenvalue weighted by Gasteiger charge is -2.32. The Morgan fingerprint density at radius 2 is 1.85 bits per heavy atom. The van der Waals surface area contributed by atoms with Crippen molar-refractivity contribution >= 4 is 26.9 Å². The van der Waals surface area contributed by atoms with Crippen molar-refractivity contribution in [2.24, 2.45) is 0 Å². The molecule has 1 atom stereocenters. The van der Waals surface area contributed by atoms with Crippen molar-refractivity contribution in [1.82, 2.24) is 9.29 Å². The molecule has 0 radical (unpaired) electrons. The zero-order valence-corrected chi connectivity index (χ0v) is 15.0. The van der Waals surface area contributed by atoms with E-state index in [1.807, 2.05) is 31.2 Å². The minimum Gasteiger partial charge on any atom is -0.480 e. The molecule has 0 saturated heterocycles. The molecule has 2 N–H and O–H groups in total. The van der Waals surface area contributed by atoms with Crippen LogP contribution >= 0.6 is 0 Å². The maximum atomic E-state index is 13.1. The van der Waals surface area contributed by atoms with Crippen molar-refractivity contribution in [3.63, 3.8) is 0 Å². The molecule has 0 spiro atoms. The van der Waals surface area contributed by atoms with E-state index in [0.717, 1.165) is 26.3 Å². The van der Waals surface area contributed by atoms with Gasteiger partial charge in [0, 0.05) is 23.1 Å². The fourth-order valence-corrected chi connectivity index (χ4v) is 5.13. The lowest BCUT2D eigenvalue weighted by atomic mass is 9.99. The smallest absolute Gasteiger partial charge is 0.328 e. The number of H-pyrrole nitrogens is 1. The molecule has 0 amide bonds. The van der Waals surface area contributed by atoms with Gasteiger partial charge < -0.3 is 10.1 Å². The molecule has 2 heterocycles. The van der Waals surface area contributed by atoms with E-state index in [-0.39, 0.29) is 11.4 Å². The predicted octanol–water partition coefficient (Wildman–Crippen LogP) is 2.85. The standard InChI is InChI=1S/C19H18N2O4S/c1-12-6-8-13(9-7-12)26(24,25)21-11-10-15-14-4-2-3-5-16(14)20-17(15)18(21)19(22)23/h2-9,18,20H,10-11H2,1H3,(H,22,23). The summed E-state index contributed by atoms with van der Waals surface area (Å²) in [7, 11) is -3.92. The molecule has 7 heteroatoms. The summed E-state index contributed by atoms with van der Waals surface area (Å²) in [5.74, 6) is -1.19. The molecule has 6 nitrogen and oxygen atoms in total. The largest absolute Gasteiger partial charge is 0.480 e. The van der Waals surface area contributed by atoms with Crippen LogP contribution in [-0.2, 0) is 21.2 Å². The Kier molecular flexibility index (Phi) is 3.86. The Bertz CT molecular complexity index is 1100. The van der Waals surface area contributed by atoms with Gasteiger partial charge in [0.05, 0.1) is 4.90 Å². The monoisotopic (exact) mass is 370 g/mol. The summed E-state index contributed by atoms with van der Waals surface area (Å²) in [6.45, 7) is 2.00. The second-order valence-electron chi connectivity index (χ2n) is 6.48. The zero-order valence-electron chi connectivity index (χ0n) is 14.1. The number of nitrogens with one attached hydrogen (secondary N) is 1. The van der Waals surface area contributed by atoms with Crippen molar-refractivity contribution in [1.29, 1.82) is 0 Å². The van der Waals surface area contributed by atoms with Crippen LogP contribution in [0.3, 0.4) is 0 Å². The number of aromatic amines is 1. The Morgan fingerprint density at radius 3 is 2.54 bits per heavy atom. The first-order valence-electron chi connectivity index (χ1n) is 8.30. The van der Waals surface area contributed by atoms with Gasteiger partial charge in [-0.1, -0.05) is 35.9 Å². The van der Waals surface area contributed by atoms with Gasteiger partial charge in [0.25, 0.3) is 0 Å². The minimum atomic E-state index is -3.92. The van der Waals surface area contributed by atoms with E-state index in [4.69, 9.17) is 0 Å². The number of carbonyl (C=O) groups is 1. The number of hydrogen-bond acceptors (Lipinski definition) is 3. The average Bonchev–Trinajstić information content (AvgIpc) is 2.99. The van der Waals surface area contributed by atoms with Gasteiger partial charge >= 0.3 is 5.97 Å². The molecule has 0 fully saturated rings. The summed E-state index contributed by atoms with van der Waals surface area (Å²) >= 11 is 0. The lowest BCUT2D eigenvalue weighted by Crippen LogP contribution is -2.43. The van der Waals surface area contributed by atoms with Gasteiger partial charge in [-0.2, -0.15) is 4.31 Å². The number of aryl methyl sites for hydroxylation is 1. The van der Waals surface area contributed by atoms with E-state index in [9.17, 15) is 18.3 Å². The van der Waals surface area contributed by atoms with Gasteiger partial charge in [0.2, 0.25) is 10.0 Å². The van der Waals surface area contributed by atoms with Crippen LogP contribution < -0.4 is 0 Å². The van der Waals surface area contributed by atoms with Gasteiger partial charge in [-0.15, -0.1) is 0 Å². The normalized spacial score (nSPS) is 18.0. The fourth-order valence-electron chi connectivity index (χ4n) is 3.57. The topological polar surface area (TPSA) is 90.5 Å². The molecule has 0 saturated carbocycles. The Balaban J connectivity index is 1.85. The number of carboxylic acid groups (broad SMARTS) is 1. The van der Waals surface area contributed by atoms with Gasteiger partial charge in [-0.3, -0.25) is 4.79 Å². The first kappa shape index (κ1) is 16.8. The molecule has 26 heavy (non-hydrogen) atoms. The highest BCUT2D eigenvalue weighted by Crippen LogP contribution is 2.37. The van der Waals surface area contributed by atoms with Gasteiger partial charge in [0.1, 0.15) is 0 Å². The molecule has 2 aromatic carbocycles. The number of rotatable bonds is 3. The third kappa shape index (κ3) is 2.51. The first-order chi connectivity index (χ1) is 12.4. The molecule has 0 bridgehead atoms.